The van der Waals surface area contributed by atoms with Crippen LogP contribution in [0, 0.1) is 11.7 Å². The summed E-state index contributed by atoms with van der Waals surface area (Å²) >= 11 is 3.50. The first-order chi connectivity index (χ1) is 14.0. The first-order valence-electron chi connectivity index (χ1n) is 10.1. The fraction of sp³-hybridized carbons (Fsp3) is 0.435. The lowest BCUT2D eigenvalue weighted by Crippen LogP contribution is -2.44. The summed E-state index contributed by atoms with van der Waals surface area (Å²) in [6.45, 7) is 2.52. The Kier molecular flexibility index (Phi) is 6.20. The van der Waals surface area contributed by atoms with Crippen LogP contribution in [0.25, 0.3) is 0 Å². The molecule has 1 amide bonds. The van der Waals surface area contributed by atoms with Crippen LogP contribution in [0.1, 0.15) is 36.3 Å². The van der Waals surface area contributed by atoms with E-state index in [1.165, 1.54) is 12.7 Å². The molecular formula is C23H26BrFN2O2. The van der Waals surface area contributed by atoms with Gasteiger partial charge in [-0.1, -0.05) is 34.1 Å². The minimum atomic E-state index is -0.323. The Morgan fingerprint density at radius 3 is 2.72 bits per heavy atom. The maximum Gasteiger partial charge on any atom is 0.223 e. The summed E-state index contributed by atoms with van der Waals surface area (Å²) in [4.78, 5) is 14.9. The summed E-state index contributed by atoms with van der Waals surface area (Å²) in [5.74, 6) is 0.584. The van der Waals surface area contributed by atoms with Gasteiger partial charge in [-0.15, -0.1) is 0 Å². The van der Waals surface area contributed by atoms with Crippen molar-refractivity contribution in [2.45, 2.75) is 37.8 Å². The molecule has 2 atom stereocenters. The molecule has 0 bridgehead atoms. The van der Waals surface area contributed by atoms with E-state index in [1.54, 1.807) is 12.1 Å². The lowest BCUT2D eigenvalue weighted by atomic mass is 10.0. The molecule has 4 rings (SSSR count). The van der Waals surface area contributed by atoms with Crippen LogP contribution in [0.3, 0.4) is 0 Å². The molecule has 1 heterocycles. The standard InChI is InChI=1S/C23H26BrFN2O2/c1-29-22-6-5-15(11-21(22)25)14-27-9-7-18(8-10-27)26-23(28)20-13-19(20)16-3-2-4-17(24)12-16/h2-6,11-12,18-20H,7-10,13-14H2,1H3,(H,26,28). The molecule has 1 aliphatic carbocycles. The van der Waals surface area contributed by atoms with Crippen LogP contribution in [0.2, 0.25) is 0 Å². The smallest absolute Gasteiger partial charge is 0.223 e. The van der Waals surface area contributed by atoms with Gasteiger partial charge in [-0.05, 0) is 60.6 Å². The number of hydrogen-bond donors (Lipinski definition) is 1. The van der Waals surface area contributed by atoms with Crippen molar-refractivity contribution in [1.82, 2.24) is 10.2 Å². The van der Waals surface area contributed by atoms with Gasteiger partial charge in [0.1, 0.15) is 0 Å². The van der Waals surface area contributed by atoms with Crippen LogP contribution < -0.4 is 10.1 Å². The van der Waals surface area contributed by atoms with Crippen molar-refractivity contribution in [3.63, 3.8) is 0 Å². The van der Waals surface area contributed by atoms with E-state index in [0.717, 1.165) is 48.9 Å². The number of carbonyl (C=O) groups is 1. The van der Waals surface area contributed by atoms with E-state index in [-0.39, 0.29) is 29.4 Å². The Morgan fingerprint density at radius 2 is 2.03 bits per heavy atom. The molecule has 0 radical (unpaired) electrons. The molecule has 1 saturated carbocycles. The average Bonchev–Trinajstić information content (AvgIpc) is 3.51. The van der Waals surface area contributed by atoms with E-state index in [2.05, 4.69) is 38.3 Å². The van der Waals surface area contributed by atoms with E-state index in [0.29, 0.717) is 5.92 Å². The largest absolute Gasteiger partial charge is 0.494 e. The minimum Gasteiger partial charge on any atom is -0.494 e. The highest BCUT2D eigenvalue weighted by Gasteiger charge is 2.44. The highest BCUT2D eigenvalue weighted by molar-refractivity contribution is 9.10. The quantitative estimate of drug-likeness (QED) is 0.690. The van der Waals surface area contributed by atoms with Gasteiger partial charge in [0, 0.05) is 36.1 Å². The molecule has 2 aromatic carbocycles. The fourth-order valence-corrected chi connectivity index (χ4v) is 4.62. The number of benzene rings is 2. The van der Waals surface area contributed by atoms with Crippen LogP contribution in [0.4, 0.5) is 4.39 Å². The number of piperidine rings is 1. The maximum absolute atomic E-state index is 13.9. The second-order valence-electron chi connectivity index (χ2n) is 8.03. The maximum atomic E-state index is 13.9. The fourth-order valence-electron chi connectivity index (χ4n) is 4.20. The summed E-state index contributed by atoms with van der Waals surface area (Å²) < 4.78 is 19.9. The van der Waals surface area contributed by atoms with Crippen LogP contribution in [0.15, 0.2) is 46.9 Å². The Balaban J connectivity index is 1.23. The van der Waals surface area contributed by atoms with Gasteiger partial charge < -0.3 is 10.1 Å². The molecule has 1 saturated heterocycles. The zero-order valence-corrected chi connectivity index (χ0v) is 18.1. The molecule has 1 N–H and O–H groups in total. The molecule has 0 spiro atoms. The number of likely N-dealkylation sites (tertiary alicyclic amines) is 1. The van der Waals surface area contributed by atoms with Crippen LogP contribution in [-0.2, 0) is 11.3 Å². The van der Waals surface area contributed by atoms with Gasteiger partial charge in [0.25, 0.3) is 0 Å². The van der Waals surface area contributed by atoms with Crippen LogP contribution in [0.5, 0.6) is 5.75 Å². The van der Waals surface area contributed by atoms with E-state index >= 15 is 0 Å². The molecule has 0 aromatic heterocycles. The third kappa shape index (κ3) is 4.98. The molecule has 154 valence electrons. The average molecular weight is 461 g/mol. The molecule has 1 aliphatic heterocycles. The van der Waals surface area contributed by atoms with Crippen LogP contribution in [-0.4, -0.2) is 37.0 Å². The molecule has 2 unspecified atom stereocenters. The van der Waals surface area contributed by atoms with Gasteiger partial charge in [-0.2, -0.15) is 0 Å². The first-order valence-corrected chi connectivity index (χ1v) is 10.9. The van der Waals surface area contributed by atoms with Crippen LogP contribution >= 0.6 is 15.9 Å². The van der Waals surface area contributed by atoms with E-state index in [9.17, 15) is 9.18 Å². The van der Waals surface area contributed by atoms with Gasteiger partial charge in [0.15, 0.2) is 11.6 Å². The van der Waals surface area contributed by atoms with Gasteiger partial charge in [-0.3, -0.25) is 9.69 Å². The predicted molar refractivity (Wildman–Crippen MR) is 114 cm³/mol. The summed E-state index contributed by atoms with van der Waals surface area (Å²) in [6.07, 6.45) is 2.79. The number of methoxy groups -OCH3 is 1. The number of ether oxygens (including phenoxy) is 1. The number of rotatable bonds is 6. The van der Waals surface area contributed by atoms with Gasteiger partial charge in [0.05, 0.1) is 7.11 Å². The van der Waals surface area contributed by atoms with Crippen molar-refractivity contribution in [2.24, 2.45) is 5.92 Å². The molecule has 2 aliphatic rings. The lowest BCUT2D eigenvalue weighted by Gasteiger charge is -2.32. The highest BCUT2D eigenvalue weighted by atomic mass is 79.9. The molecule has 2 fully saturated rings. The van der Waals surface area contributed by atoms with Crippen molar-refractivity contribution < 1.29 is 13.9 Å². The number of carbonyl (C=O) groups excluding carboxylic acids is 1. The van der Waals surface area contributed by atoms with Gasteiger partial charge >= 0.3 is 0 Å². The van der Waals surface area contributed by atoms with Crippen molar-refractivity contribution in [1.29, 1.82) is 0 Å². The lowest BCUT2D eigenvalue weighted by molar-refractivity contribution is -0.123. The minimum absolute atomic E-state index is 0.101. The SMILES string of the molecule is COc1ccc(CN2CCC(NC(=O)C3CC3c3cccc(Br)c3)CC2)cc1F. The first kappa shape index (κ1) is 20.4. The highest BCUT2D eigenvalue weighted by Crippen LogP contribution is 2.48. The zero-order chi connectivity index (χ0) is 20.4. The number of hydrogen-bond acceptors (Lipinski definition) is 3. The Bertz CT molecular complexity index is 883. The Morgan fingerprint density at radius 1 is 1.24 bits per heavy atom. The number of nitrogens with one attached hydrogen (secondary N) is 1. The number of amides is 1. The second-order valence-corrected chi connectivity index (χ2v) is 8.95. The number of nitrogens with zero attached hydrogens (tertiary/aromatic N) is 1. The topological polar surface area (TPSA) is 41.6 Å². The van der Waals surface area contributed by atoms with E-state index in [1.807, 2.05) is 18.2 Å². The monoisotopic (exact) mass is 460 g/mol. The summed E-state index contributed by atoms with van der Waals surface area (Å²) in [7, 11) is 1.47. The number of halogens is 2. The van der Waals surface area contributed by atoms with Gasteiger partial charge in [0.2, 0.25) is 5.91 Å². The third-order valence-electron chi connectivity index (χ3n) is 5.96. The summed E-state index contributed by atoms with van der Waals surface area (Å²) in [6, 6.07) is 13.6. The zero-order valence-electron chi connectivity index (χ0n) is 16.5. The van der Waals surface area contributed by atoms with Gasteiger partial charge in [-0.25, -0.2) is 4.39 Å². The molecule has 6 heteroatoms. The van der Waals surface area contributed by atoms with Crippen molar-refractivity contribution >= 4 is 21.8 Å². The second kappa shape index (κ2) is 8.84. The Hall–Kier alpha value is -1.92. The summed E-state index contributed by atoms with van der Waals surface area (Å²) in [5, 5.41) is 3.25. The molecule has 2 aromatic rings. The predicted octanol–water partition coefficient (Wildman–Crippen LogP) is 4.48. The van der Waals surface area contributed by atoms with Crippen molar-refractivity contribution in [3.8, 4) is 5.75 Å². The van der Waals surface area contributed by atoms with Crippen molar-refractivity contribution in [3.05, 3.63) is 63.9 Å². The van der Waals surface area contributed by atoms with Crippen molar-refractivity contribution in [2.75, 3.05) is 20.2 Å². The molecular weight excluding hydrogens is 435 g/mol. The summed E-state index contributed by atoms with van der Waals surface area (Å²) in [5.41, 5.74) is 2.18. The molecule has 4 nitrogen and oxygen atoms in total. The van der Waals surface area contributed by atoms with E-state index in [4.69, 9.17) is 4.74 Å². The van der Waals surface area contributed by atoms with E-state index < -0.39 is 0 Å². The Labute approximate surface area is 179 Å². The molecule has 29 heavy (non-hydrogen) atoms. The normalized spacial score (nSPS) is 22.3. The third-order valence-corrected chi connectivity index (χ3v) is 6.45.